The Labute approximate surface area is 223 Å². The van der Waals surface area contributed by atoms with Crippen molar-refractivity contribution < 1.29 is 14.7 Å². The number of rotatable bonds is 5. The second kappa shape index (κ2) is 10.7. The van der Waals surface area contributed by atoms with Crippen molar-refractivity contribution in [1.29, 1.82) is 0 Å². The van der Waals surface area contributed by atoms with Crippen LogP contribution in [-0.2, 0) is 10.2 Å². The first-order valence-corrected chi connectivity index (χ1v) is 13.1. The first kappa shape index (κ1) is 25.5. The van der Waals surface area contributed by atoms with E-state index in [2.05, 4.69) is 4.90 Å². The fourth-order valence-electron chi connectivity index (χ4n) is 5.60. The smallest absolute Gasteiger partial charge is 0.253 e. The van der Waals surface area contributed by atoms with Crippen molar-refractivity contribution in [2.45, 2.75) is 24.5 Å². The molecule has 2 aliphatic rings. The van der Waals surface area contributed by atoms with Crippen molar-refractivity contribution in [3.8, 4) is 0 Å². The number of nitrogens with zero attached hydrogens (tertiary/aromatic N) is 3. The van der Waals surface area contributed by atoms with Crippen LogP contribution in [0.5, 0.6) is 0 Å². The molecule has 2 atom stereocenters. The first-order chi connectivity index (χ1) is 17.9. The predicted octanol–water partition coefficient (Wildman–Crippen LogP) is 3.68. The summed E-state index contributed by atoms with van der Waals surface area (Å²) in [5, 5.41) is 11.6. The van der Waals surface area contributed by atoms with Crippen LogP contribution in [0.2, 0.25) is 5.02 Å². The molecule has 2 heterocycles. The Morgan fingerprint density at radius 2 is 1.32 bits per heavy atom. The minimum atomic E-state index is -0.860. The predicted molar refractivity (Wildman–Crippen MR) is 145 cm³/mol. The number of halogens is 1. The molecule has 2 aliphatic heterocycles. The van der Waals surface area contributed by atoms with E-state index in [1.54, 1.807) is 29.2 Å². The lowest BCUT2D eigenvalue weighted by atomic mass is 9.75. The molecule has 0 unspecified atom stereocenters. The third kappa shape index (κ3) is 5.01. The van der Waals surface area contributed by atoms with Crippen molar-refractivity contribution in [3.05, 3.63) is 107 Å². The molecule has 0 saturated carbocycles. The first-order valence-electron chi connectivity index (χ1n) is 12.8. The zero-order valence-electron chi connectivity index (χ0n) is 21.0. The number of carbonyl (C=O) groups excluding carboxylic acids is 2. The monoisotopic (exact) mass is 517 g/mol. The highest BCUT2D eigenvalue weighted by Gasteiger charge is 2.46. The van der Waals surface area contributed by atoms with Crippen LogP contribution in [0.3, 0.4) is 0 Å². The number of benzene rings is 3. The highest BCUT2D eigenvalue weighted by molar-refractivity contribution is 6.30. The summed E-state index contributed by atoms with van der Waals surface area (Å²) in [4.78, 5) is 32.8. The van der Waals surface area contributed by atoms with Crippen LogP contribution in [-0.4, -0.2) is 83.0 Å². The standard InChI is InChI=1S/C30H32ClN3O3/c1-30(23-8-4-2-5-9-23,24-10-6-3-7-11-24)29(37)34-20-26(27(35)21-34)32-16-18-33(19-17-32)28(36)22-12-14-25(31)15-13-22/h2-15,26-27,35H,16-21H2,1H3/t26-,27-/m1/s1. The molecule has 2 fully saturated rings. The van der Waals surface area contributed by atoms with E-state index < -0.39 is 11.5 Å². The van der Waals surface area contributed by atoms with Gasteiger partial charge in [-0.15, -0.1) is 0 Å². The molecule has 2 amide bonds. The van der Waals surface area contributed by atoms with E-state index in [-0.39, 0.29) is 17.9 Å². The van der Waals surface area contributed by atoms with Gasteiger partial charge in [-0.1, -0.05) is 72.3 Å². The molecule has 0 aliphatic carbocycles. The Bertz CT molecular complexity index is 1190. The fourth-order valence-corrected chi connectivity index (χ4v) is 5.72. The summed E-state index contributed by atoms with van der Waals surface area (Å²) in [5.74, 6) is -0.0235. The van der Waals surface area contributed by atoms with E-state index in [0.29, 0.717) is 49.9 Å². The van der Waals surface area contributed by atoms with E-state index in [1.165, 1.54) is 0 Å². The van der Waals surface area contributed by atoms with Crippen LogP contribution in [0.4, 0.5) is 0 Å². The topological polar surface area (TPSA) is 64.1 Å². The molecule has 192 valence electrons. The Morgan fingerprint density at radius 1 is 0.784 bits per heavy atom. The Morgan fingerprint density at radius 3 is 1.86 bits per heavy atom. The number of aliphatic hydroxyl groups excluding tert-OH is 1. The lowest BCUT2D eigenvalue weighted by Gasteiger charge is -2.39. The molecule has 5 rings (SSSR count). The van der Waals surface area contributed by atoms with Crippen LogP contribution in [0.25, 0.3) is 0 Å². The molecule has 0 radical (unpaired) electrons. The second-order valence-electron chi connectivity index (χ2n) is 10.0. The van der Waals surface area contributed by atoms with Gasteiger partial charge in [-0.25, -0.2) is 0 Å². The number of carbonyl (C=O) groups is 2. The zero-order chi connectivity index (χ0) is 26.0. The van der Waals surface area contributed by atoms with Crippen molar-refractivity contribution in [1.82, 2.24) is 14.7 Å². The van der Waals surface area contributed by atoms with Gasteiger partial charge in [-0.2, -0.15) is 0 Å². The molecule has 1 N–H and O–H groups in total. The highest BCUT2D eigenvalue weighted by Crippen LogP contribution is 2.35. The summed E-state index contributed by atoms with van der Waals surface area (Å²) < 4.78 is 0. The number of likely N-dealkylation sites (tertiary alicyclic amines) is 1. The van der Waals surface area contributed by atoms with Crippen LogP contribution < -0.4 is 0 Å². The molecule has 2 saturated heterocycles. The molecule has 6 nitrogen and oxygen atoms in total. The van der Waals surface area contributed by atoms with Crippen LogP contribution in [0.15, 0.2) is 84.9 Å². The molecule has 7 heteroatoms. The molecule has 0 bridgehead atoms. The van der Waals surface area contributed by atoms with E-state index >= 15 is 0 Å². The molecular weight excluding hydrogens is 486 g/mol. The van der Waals surface area contributed by atoms with Gasteiger partial charge in [0.2, 0.25) is 5.91 Å². The average molecular weight is 518 g/mol. The summed E-state index contributed by atoms with van der Waals surface area (Å²) >= 11 is 5.96. The summed E-state index contributed by atoms with van der Waals surface area (Å²) in [6.07, 6.45) is -0.640. The van der Waals surface area contributed by atoms with Crippen LogP contribution >= 0.6 is 11.6 Å². The maximum atomic E-state index is 14.1. The maximum Gasteiger partial charge on any atom is 0.253 e. The lowest BCUT2D eigenvalue weighted by Crippen LogP contribution is -2.55. The lowest BCUT2D eigenvalue weighted by molar-refractivity contribution is -0.134. The summed E-state index contributed by atoms with van der Waals surface area (Å²) in [7, 11) is 0. The van der Waals surface area contributed by atoms with E-state index in [4.69, 9.17) is 11.6 Å². The SMILES string of the molecule is CC(C(=O)N1C[C@@H](O)[C@H](N2CCN(C(=O)c3ccc(Cl)cc3)CC2)C1)(c1ccccc1)c1ccccc1. The van der Waals surface area contributed by atoms with Gasteiger partial charge >= 0.3 is 0 Å². The Balaban J connectivity index is 1.28. The molecule has 0 spiro atoms. The van der Waals surface area contributed by atoms with Gasteiger partial charge in [0.25, 0.3) is 5.91 Å². The normalized spacial score (nSPS) is 20.7. The van der Waals surface area contributed by atoms with Gasteiger partial charge in [0, 0.05) is 49.9 Å². The largest absolute Gasteiger partial charge is 0.390 e. The third-order valence-corrected chi connectivity index (χ3v) is 8.09. The van der Waals surface area contributed by atoms with Crippen LogP contribution in [0.1, 0.15) is 28.4 Å². The average Bonchev–Trinajstić information content (AvgIpc) is 3.34. The van der Waals surface area contributed by atoms with Gasteiger partial charge in [-0.05, 0) is 42.3 Å². The number of aliphatic hydroxyl groups is 1. The Kier molecular flexibility index (Phi) is 7.33. The zero-order valence-corrected chi connectivity index (χ0v) is 21.7. The van der Waals surface area contributed by atoms with E-state index in [9.17, 15) is 14.7 Å². The molecule has 37 heavy (non-hydrogen) atoms. The maximum absolute atomic E-state index is 14.1. The number of hydrogen-bond acceptors (Lipinski definition) is 4. The second-order valence-corrected chi connectivity index (χ2v) is 10.5. The summed E-state index contributed by atoms with van der Waals surface area (Å²) in [6.45, 7) is 5.17. The summed E-state index contributed by atoms with van der Waals surface area (Å²) in [5.41, 5.74) is 1.62. The van der Waals surface area contributed by atoms with E-state index in [0.717, 1.165) is 11.1 Å². The number of hydrogen-bond donors (Lipinski definition) is 1. The van der Waals surface area contributed by atoms with Crippen molar-refractivity contribution in [2.24, 2.45) is 0 Å². The van der Waals surface area contributed by atoms with E-state index in [1.807, 2.05) is 72.5 Å². The van der Waals surface area contributed by atoms with Crippen molar-refractivity contribution in [2.75, 3.05) is 39.3 Å². The number of β-amino-alcohol motifs (C(OH)–C–C–N with tert-alkyl or cyclic N) is 1. The highest BCUT2D eigenvalue weighted by atomic mass is 35.5. The molecule has 3 aromatic rings. The van der Waals surface area contributed by atoms with Crippen molar-refractivity contribution in [3.63, 3.8) is 0 Å². The molecular formula is C30H32ClN3O3. The third-order valence-electron chi connectivity index (χ3n) is 7.84. The molecule has 0 aromatic heterocycles. The Hall–Kier alpha value is -3.19. The van der Waals surface area contributed by atoms with Gasteiger partial charge < -0.3 is 14.9 Å². The summed E-state index contributed by atoms with van der Waals surface area (Å²) in [6, 6.07) is 26.5. The quantitative estimate of drug-likeness (QED) is 0.561. The van der Waals surface area contributed by atoms with Gasteiger partial charge in [-0.3, -0.25) is 14.5 Å². The minimum Gasteiger partial charge on any atom is -0.390 e. The van der Waals surface area contributed by atoms with Gasteiger partial charge in [0.1, 0.15) is 0 Å². The van der Waals surface area contributed by atoms with Crippen molar-refractivity contribution >= 4 is 23.4 Å². The minimum absolute atomic E-state index is 0.0111. The van der Waals surface area contributed by atoms with Crippen LogP contribution in [0, 0.1) is 0 Å². The number of piperazine rings is 1. The van der Waals surface area contributed by atoms with Gasteiger partial charge in [0.15, 0.2) is 0 Å². The fraction of sp³-hybridized carbons (Fsp3) is 0.333. The molecule has 3 aromatic carbocycles. The number of amides is 2. The van der Waals surface area contributed by atoms with Gasteiger partial charge in [0.05, 0.1) is 17.6 Å².